The third-order valence-corrected chi connectivity index (χ3v) is 3.76. The summed E-state index contributed by atoms with van der Waals surface area (Å²) in [4.78, 5) is 10.9. The van der Waals surface area contributed by atoms with E-state index in [0.29, 0.717) is 24.2 Å². The lowest BCUT2D eigenvalue weighted by Crippen LogP contribution is -2.17. The van der Waals surface area contributed by atoms with Crippen LogP contribution >= 0.6 is 0 Å². The van der Waals surface area contributed by atoms with E-state index in [1.54, 1.807) is 25.5 Å². The molecular weight excluding hydrogens is 244 g/mol. The van der Waals surface area contributed by atoms with Gasteiger partial charge in [-0.2, -0.15) is 0 Å². The number of sulfonamides is 1. The molecule has 0 aliphatic rings. The number of rotatable bonds is 4. The van der Waals surface area contributed by atoms with Crippen LogP contribution in [0.2, 0.25) is 0 Å². The Labute approximate surface area is 100 Å². The molecule has 0 aliphatic carbocycles. The van der Waals surface area contributed by atoms with Crippen molar-refractivity contribution in [3.63, 3.8) is 0 Å². The molecule has 0 spiro atoms. The number of carbonyl (C=O) groups is 1. The van der Waals surface area contributed by atoms with Crippen molar-refractivity contribution in [2.45, 2.75) is 31.6 Å². The Morgan fingerprint density at radius 2 is 1.76 bits per heavy atom. The van der Waals surface area contributed by atoms with E-state index in [-0.39, 0.29) is 10.5 Å². The molecule has 1 heterocycles. The van der Waals surface area contributed by atoms with Crippen molar-refractivity contribution in [2.24, 2.45) is 12.2 Å². The van der Waals surface area contributed by atoms with Gasteiger partial charge in [0.2, 0.25) is 10.0 Å². The number of hydrogen-bond acceptors (Lipinski definition) is 3. The number of primary sulfonamides is 1. The standard InChI is InChI=1S/C10H16N2O4S/c1-4-6-8(10(13)14)9(17(11,15)16)7(5-2)12(6)3/h4-5H2,1-3H3,(H,13,14)(H2,11,15,16). The lowest BCUT2D eigenvalue weighted by molar-refractivity contribution is 0.0691. The fraction of sp³-hybridized carbons (Fsp3) is 0.500. The molecule has 3 N–H and O–H groups in total. The normalized spacial score (nSPS) is 11.8. The number of aromatic carboxylic acids is 1. The van der Waals surface area contributed by atoms with Crippen molar-refractivity contribution < 1.29 is 18.3 Å². The maximum absolute atomic E-state index is 11.5. The minimum absolute atomic E-state index is 0.200. The summed E-state index contributed by atoms with van der Waals surface area (Å²) >= 11 is 0. The van der Waals surface area contributed by atoms with Crippen LogP contribution in [0.1, 0.15) is 35.6 Å². The van der Waals surface area contributed by atoms with Crippen LogP contribution in [0.15, 0.2) is 4.90 Å². The first-order valence-corrected chi connectivity index (χ1v) is 6.76. The first-order valence-electron chi connectivity index (χ1n) is 5.22. The molecule has 0 aromatic carbocycles. The summed E-state index contributed by atoms with van der Waals surface area (Å²) < 4.78 is 24.6. The summed E-state index contributed by atoms with van der Waals surface area (Å²) in [7, 11) is -2.38. The summed E-state index contributed by atoms with van der Waals surface area (Å²) in [5.41, 5.74) is 0.703. The van der Waals surface area contributed by atoms with E-state index in [4.69, 9.17) is 10.2 Å². The van der Waals surface area contributed by atoms with Crippen molar-refractivity contribution in [1.82, 2.24) is 4.57 Å². The van der Waals surface area contributed by atoms with E-state index < -0.39 is 16.0 Å². The Morgan fingerprint density at radius 1 is 1.29 bits per heavy atom. The third kappa shape index (κ3) is 2.20. The highest BCUT2D eigenvalue weighted by molar-refractivity contribution is 7.89. The molecule has 17 heavy (non-hydrogen) atoms. The Morgan fingerprint density at radius 3 is 2.06 bits per heavy atom. The van der Waals surface area contributed by atoms with E-state index in [1.807, 2.05) is 0 Å². The van der Waals surface area contributed by atoms with Crippen LogP contribution < -0.4 is 5.14 Å². The maximum Gasteiger partial charge on any atom is 0.338 e. The van der Waals surface area contributed by atoms with Gasteiger partial charge in [-0.05, 0) is 12.8 Å². The number of aromatic nitrogens is 1. The van der Waals surface area contributed by atoms with Crippen LogP contribution in [0.5, 0.6) is 0 Å². The van der Waals surface area contributed by atoms with Crippen LogP contribution in [0.3, 0.4) is 0 Å². The van der Waals surface area contributed by atoms with Crippen LogP contribution in [0, 0.1) is 0 Å². The lowest BCUT2D eigenvalue weighted by Gasteiger charge is -2.04. The van der Waals surface area contributed by atoms with Crippen LogP contribution in [-0.4, -0.2) is 24.1 Å². The Balaban J connectivity index is 3.84. The lowest BCUT2D eigenvalue weighted by atomic mass is 10.2. The molecule has 0 atom stereocenters. The second-order valence-corrected chi connectivity index (χ2v) is 5.21. The summed E-state index contributed by atoms with van der Waals surface area (Å²) in [5.74, 6) is -1.26. The van der Waals surface area contributed by atoms with E-state index in [9.17, 15) is 13.2 Å². The van der Waals surface area contributed by atoms with Gasteiger partial charge in [0.1, 0.15) is 10.5 Å². The van der Waals surface area contributed by atoms with Crippen LogP contribution in [0.4, 0.5) is 0 Å². The van der Waals surface area contributed by atoms with Gasteiger partial charge in [0, 0.05) is 18.4 Å². The molecule has 7 heteroatoms. The van der Waals surface area contributed by atoms with Crippen molar-refractivity contribution in [2.75, 3.05) is 0 Å². The Hall–Kier alpha value is -1.34. The molecule has 0 unspecified atom stereocenters. The van der Waals surface area contributed by atoms with Gasteiger partial charge in [0.15, 0.2) is 0 Å². The zero-order valence-electron chi connectivity index (χ0n) is 10.0. The molecule has 0 saturated heterocycles. The van der Waals surface area contributed by atoms with E-state index >= 15 is 0 Å². The zero-order chi connectivity index (χ0) is 13.4. The predicted octanol–water partition coefficient (Wildman–Crippen LogP) is 0.496. The molecule has 1 rings (SSSR count). The summed E-state index contributed by atoms with van der Waals surface area (Å²) in [6.07, 6.45) is 0.837. The minimum Gasteiger partial charge on any atom is -0.478 e. The topological polar surface area (TPSA) is 102 Å². The number of carboxylic acid groups (broad SMARTS) is 1. The van der Waals surface area contributed by atoms with Gasteiger partial charge in [-0.3, -0.25) is 0 Å². The average Bonchev–Trinajstić information content (AvgIpc) is 2.49. The molecule has 0 radical (unpaired) electrons. The third-order valence-electron chi connectivity index (χ3n) is 2.76. The smallest absolute Gasteiger partial charge is 0.338 e. The maximum atomic E-state index is 11.5. The van der Waals surface area contributed by atoms with Gasteiger partial charge >= 0.3 is 5.97 Å². The highest BCUT2D eigenvalue weighted by atomic mass is 32.2. The Kier molecular flexibility index (Phi) is 3.63. The first-order chi connectivity index (χ1) is 7.75. The SMILES string of the molecule is CCc1c(C(=O)O)c(S(N)(=O)=O)c(CC)n1C. The molecule has 0 fully saturated rings. The summed E-state index contributed by atoms with van der Waals surface area (Å²) in [6, 6.07) is 0. The van der Waals surface area contributed by atoms with Gasteiger partial charge in [-0.25, -0.2) is 18.4 Å². The van der Waals surface area contributed by atoms with Crippen molar-refractivity contribution >= 4 is 16.0 Å². The number of nitrogens with zero attached hydrogens (tertiary/aromatic N) is 1. The second kappa shape index (κ2) is 4.50. The van der Waals surface area contributed by atoms with E-state index in [2.05, 4.69) is 0 Å². The predicted molar refractivity (Wildman–Crippen MR) is 62.5 cm³/mol. The highest BCUT2D eigenvalue weighted by Crippen LogP contribution is 2.27. The van der Waals surface area contributed by atoms with Gasteiger partial charge in [0.25, 0.3) is 0 Å². The zero-order valence-corrected chi connectivity index (χ0v) is 10.8. The molecule has 96 valence electrons. The quantitative estimate of drug-likeness (QED) is 0.822. The molecule has 6 nitrogen and oxygen atoms in total. The molecule has 0 saturated carbocycles. The molecular formula is C10H16N2O4S. The Bertz CT molecular complexity index is 557. The van der Waals surface area contributed by atoms with E-state index in [0.717, 1.165) is 0 Å². The van der Waals surface area contributed by atoms with Crippen LogP contribution in [-0.2, 0) is 29.9 Å². The fourth-order valence-electron chi connectivity index (χ4n) is 2.10. The van der Waals surface area contributed by atoms with E-state index in [1.165, 1.54) is 0 Å². The monoisotopic (exact) mass is 260 g/mol. The molecule has 1 aromatic rings. The molecule has 0 bridgehead atoms. The van der Waals surface area contributed by atoms with Crippen LogP contribution in [0.25, 0.3) is 0 Å². The summed E-state index contributed by atoms with van der Waals surface area (Å²) in [5, 5.41) is 14.2. The van der Waals surface area contributed by atoms with Crippen molar-refractivity contribution in [1.29, 1.82) is 0 Å². The van der Waals surface area contributed by atoms with Gasteiger partial charge in [-0.15, -0.1) is 0 Å². The summed E-state index contributed by atoms with van der Waals surface area (Å²) in [6.45, 7) is 3.53. The van der Waals surface area contributed by atoms with Gasteiger partial charge in [0.05, 0.1) is 0 Å². The second-order valence-electron chi connectivity index (χ2n) is 3.71. The van der Waals surface area contributed by atoms with Crippen molar-refractivity contribution in [3.05, 3.63) is 17.0 Å². The van der Waals surface area contributed by atoms with Gasteiger partial charge < -0.3 is 9.67 Å². The number of carboxylic acids is 1. The molecule has 0 aliphatic heterocycles. The average molecular weight is 260 g/mol. The van der Waals surface area contributed by atoms with Gasteiger partial charge in [-0.1, -0.05) is 13.8 Å². The number of nitrogens with two attached hydrogens (primary N) is 1. The highest BCUT2D eigenvalue weighted by Gasteiger charge is 2.30. The van der Waals surface area contributed by atoms with Crippen molar-refractivity contribution in [3.8, 4) is 0 Å². The molecule has 0 amide bonds. The fourth-order valence-corrected chi connectivity index (χ4v) is 3.20. The number of hydrogen-bond donors (Lipinski definition) is 2. The minimum atomic E-state index is -4.03. The largest absolute Gasteiger partial charge is 0.478 e. The molecule has 1 aromatic heterocycles. The first kappa shape index (κ1) is 13.7.